The van der Waals surface area contributed by atoms with Crippen LogP contribution in [0.25, 0.3) is 0 Å². The lowest BCUT2D eigenvalue weighted by atomic mass is 9.74. The van der Waals surface area contributed by atoms with Crippen LogP contribution in [0.15, 0.2) is 35.5 Å². The van der Waals surface area contributed by atoms with E-state index in [1.807, 2.05) is 0 Å². The summed E-state index contributed by atoms with van der Waals surface area (Å²) in [4.78, 5) is 8.63. The van der Waals surface area contributed by atoms with E-state index in [0.29, 0.717) is 12.5 Å². The Balaban J connectivity index is 1.26. The molecule has 1 aromatic rings. The van der Waals surface area contributed by atoms with Crippen LogP contribution in [0, 0.1) is 29.6 Å². The van der Waals surface area contributed by atoms with Crippen LogP contribution in [0.1, 0.15) is 50.5 Å². The largest absolute Gasteiger partial charge is 0.395 e. The van der Waals surface area contributed by atoms with Crippen molar-refractivity contribution in [1.82, 2.24) is 4.90 Å². The third-order valence-corrected chi connectivity index (χ3v) is 7.89. The molecule has 1 aliphatic heterocycles. The Kier molecular flexibility index (Phi) is 5.22. The van der Waals surface area contributed by atoms with Crippen molar-refractivity contribution < 1.29 is 4.84 Å². The number of piperidine rings is 1. The smallest absolute Gasteiger partial charge is 0.121 e. The van der Waals surface area contributed by atoms with Crippen molar-refractivity contribution in [2.45, 2.75) is 51.4 Å². The normalized spacial score (nSPS) is 37.0. The van der Waals surface area contributed by atoms with E-state index in [1.54, 1.807) is 0 Å². The minimum absolute atomic E-state index is 0.671. The third-order valence-electron chi connectivity index (χ3n) is 7.89. The van der Waals surface area contributed by atoms with E-state index in [9.17, 15) is 0 Å². The van der Waals surface area contributed by atoms with Crippen molar-refractivity contribution >= 4 is 5.71 Å². The van der Waals surface area contributed by atoms with Gasteiger partial charge in [-0.25, -0.2) is 0 Å². The van der Waals surface area contributed by atoms with Gasteiger partial charge >= 0.3 is 0 Å². The molecule has 3 saturated carbocycles. The molecule has 1 heterocycles. The van der Waals surface area contributed by atoms with Crippen LogP contribution in [0.3, 0.4) is 0 Å². The Bertz CT molecular complexity index is 652. The lowest BCUT2D eigenvalue weighted by molar-refractivity contribution is 0.133. The maximum absolute atomic E-state index is 5.91. The summed E-state index contributed by atoms with van der Waals surface area (Å²) in [5.74, 6) is 4.20. The van der Waals surface area contributed by atoms with Gasteiger partial charge < -0.3 is 9.74 Å². The highest BCUT2D eigenvalue weighted by molar-refractivity contribution is 5.92. The number of fused-ring (bicyclic) bond motifs is 5. The van der Waals surface area contributed by atoms with Gasteiger partial charge in [-0.05, 0) is 68.5 Å². The monoisotopic (exact) mass is 366 g/mol. The molecule has 0 aromatic heterocycles. The molecule has 2 bridgehead atoms. The summed E-state index contributed by atoms with van der Waals surface area (Å²) in [5.41, 5.74) is 2.79. The fourth-order valence-electron chi connectivity index (χ4n) is 6.70. The average Bonchev–Trinajstić information content (AvgIpc) is 3.40. The van der Waals surface area contributed by atoms with Crippen molar-refractivity contribution in [2.75, 3.05) is 26.2 Å². The first-order chi connectivity index (χ1) is 13.4. The van der Waals surface area contributed by atoms with Gasteiger partial charge in [0, 0.05) is 24.8 Å². The molecule has 5 rings (SSSR count). The number of likely N-dealkylation sites (tertiary alicyclic amines) is 1. The van der Waals surface area contributed by atoms with E-state index in [2.05, 4.69) is 35.2 Å². The number of hydrogen-bond donors (Lipinski definition) is 0. The van der Waals surface area contributed by atoms with Crippen LogP contribution < -0.4 is 0 Å². The van der Waals surface area contributed by atoms with Gasteiger partial charge in [-0.15, -0.1) is 0 Å². The van der Waals surface area contributed by atoms with Gasteiger partial charge in [-0.3, -0.25) is 0 Å². The summed E-state index contributed by atoms with van der Waals surface area (Å²) < 4.78 is 0. The summed E-state index contributed by atoms with van der Waals surface area (Å²) in [5, 5.41) is 4.82. The van der Waals surface area contributed by atoms with Crippen LogP contribution in [0.5, 0.6) is 0 Å². The fraction of sp³-hybridized carbons (Fsp3) is 0.708. The summed E-state index contributed by atoms with van der Waals surface area (Å²) >= 11 is 0. The lowest BCUT2D eigenvalue weighted by Gasteiger charge is -2.37. The molecule has 3 aliphatic carbocycles. The number of oxime groups is 1. The molecule has 1 saturated heterocycles. The van der Waals surface area contributed by atoms with Crippen LogP contribution in [-0.4, -0.2) is 36.9 Å². The first-order valence-corrected chi connectivity index (χ1v) is 11.4. The fourth-order valence-corrected chi connectivity index (χ4v) is 6.70. The highest BCUT2D eigenvalue weighted by atomic mass is 16.6. The molecule has 3 nitrogen and oxygen atoms in total. The number of benzene rings is 1. The summed E-state index contributed by atoms with van der Waals surface area (Å²) in [6.07, 6.45) is 10.9. The molecule has 0 amide bonds. The molecular weight excluding hydrogens is 332 g/mol. The molecule has 146 valence electrons. The van der Waals surface area contributed by atoms with Crippen LogP contribution >= 0.6 is 0 Å². The van der Waals surface area contributed by atoms with Crippen molar-refractivity contribution in [1.29, 1.82) is 0 Å². The molecule has 0 N–H and O–H groups in total. The van der Waals surface area contributed by atoms with Gasteiger partial charge in [0.15, 0.2) is 0 Å². The van der Waals surface area contributed by atoms with Gasteiger partial charge in [0.25, 0.3) is 0 Å². The minimum atomic E-state index is 0.671. The van der Waals surface area contributed by atoms with Gasteiger partial charge in [0.2, 0.25) is 0 Å². The number of hydrogen-bond acceptors (Lipinski definition) is 3. The quantitative estimate of drug-likeness (QED) is 0.535. The molecule has 0 spiro atoms. The Morgan fingerprint density at radius 3 is 2.59 bits per heavy atom. The van der Waals surface area contributed by atoms with Crippen LogP contribution in [-0.2, 0) is 11.3 Å². The Hall–Kier alpha value is -1.35. The van der Waals surface area contributed by atoms with E-state index < -0.39 is 0 Å². The zero-order valence-electron chi connectivity index (χ0n) is 16.6. The Morgan fingerprint density at radius 2 is 1.74 bits per heavy atom. The van der Waals surface area contributed by atoms with E-state index in [1.165, 1.54) is 75.9 Å². The van der Waals surface area contributed by atoms with Crippen molar-refractivity contribution in [2.24, 2.45) is 34.7 Å². The van der Waals surface area contributed by atoms with E-state index in [0.717, 1.165) is 30.1 Å². The zero-order chi connectivity index (χ0) is 18.1. The van der Waals surface area contributed by atoms with Gasteiger partial charge in [0.1, 0.15) is 6.61 Å². The topological polar surface area (TPSA) is 24.8 Å². The molecule has 3 heteroatoms. The Morgan fingerprint density at radius 1 is 0.926 bits per heavy atom. The van der Waals surface area contributed by atoms with Gasteiger partial charge in [-0.2, -0.15) is 0 Å². The second-order valence-electron chi connectivity index (χ2n) is 9.32. The Labute approximate surface area is 164 Å². The first-order valence-electron chi connectivity index (χ1n) is 11.4. The standard InChI is InChI=1S/C24H34N2O/c1-3-8-18(9-4-1)12-15-27-25-24-22-16-21(19-10-7-11-20(19)22)23(24)17-26-13-5-2-6-14-26/h1,3-4,8-9,19-23H,2,5-7,10-17H2/b25-24+/t19-,20+,21-,22+,23-/m1/s1. The molecule has 4 aliphatic rings. The first kappa shape index (κ1) is 17.7. The van der Waals surface area contributed by atoms with Crippen molar-refractivity contribution in [3.8, 4) is 0 Å². The van der Waals surface area contributed by atoms with Crippen molar-refractivity contribution in [3.05, 3.63) is 35.9 Å². The second-order valence-corrected chi connectivity index (χ2v) is 9.32. The van der Waals surface area contributed by atoms with Gasteiger partial charge in [0.05, 0.1) is 5.71 Å². The molecule has 4 fully saturated rings. The third kappa shape index (κ3) is 3.55. The predicted molar refractivity (Wildman–Crippen MR) is 110 cm³/mol. The highest BCUT2D eigenvalue weighted by Gasteiger charge is 2.57. The molecular formula is C24H34N2O. The number of nitrogens with zero attached hydrogens (tertiary/aromatic N) is 2. The molecule has 0 unspecified atom stereocenters. The van der Waals surface area contributed by atoms with E-state index in [4.69, 9.17) is 9.99 Å². The maximum atomic E-state index is 5.91. The van der Waals surface area contributed by atoms with Crippen LogP contribution in [0.2, 0.25) is 0 Å². The summed E-state index contributed by atoms with van der Waals surface area (Å²) in [6.45, 7) is 4.54. The summed E-state index contributed by atoms with van der Waals surface area (Å²) in [6, 6.07) is 10.6. The summed E-state index contributed by atoms with van der Waals surface area (Å²) in [7, 11) is 0. The van der Waals surface area contributed by atoms with E-state index in [-0.39, 0.29) is 0 Å². The zero-order valence-corrected chi connectivity index (χ0v) is 16.6. The predicted octanol–water partition coefficient (Wildman–Crippen LogP) is 4.77. The SMILES string of the molecule is c1ccc(CCO/N=C2\[C@H]3C[C@H]([C@@H]4CCC[C@@H]43)[C@H]2CN2CCCCC2)cc1. The highest BCUT2D eigenvalue weighted by Crippen LogP contribution is 2.59. The van der Waals surface area contributed by atoms with Crippen LogP contribution in [0.4, 0.5) is 0 Å². The molecule has 5 atom stereocenters. The molecule has 0 radical (unpaired) electrons. The average molecular weight is 367 g/mol. The minimum Gasteiger partial charge on any atom is -0.395 e. The molecule has 27 heavy (non-hydrogen) atoms. The number of rotatable bonds is 6. The van der Waals surface area contributed by atoms with E-state index >= 15 is 0 Å². The van der Waals surface area contributed by atoms with Crippen molar-refractivity contribution in [3.63, 3.8) is 0 Å². The second kappa shape index (κ2) is 7.95. The van der Waals surface area contributed by atoms with Gasteiger partial charge in [-0.1, -0.05) is 48.3 Å². The maximum Gasteiger partial charge on any atom is 0.121 e. The lowest BCUT2D eigenvalue weighted by Crippen LogP contribution is -2.42. The molecule has 1 aromatic carbocycles.